The summed E-state index contributed by atoms with van der Waals surface area (Å²) >= 11 is 0. The number of allylic oxidation sites excluding steroid dienone is 1. The highest BCUT2D eigenvalue weighted by Crippen LogP contribution is 2.32. The Labute approximate surface area is 201 Å². The van der Waals surface area contributed by atoms with Crippen molar-refractivity contribution in [3.63, 3.8) is 0 Å². The number of nitrogens with one attached hydrogen (secondary N) is 1. The van der Waals surface area contributed by atoms with E-state index in [9.17, 15) is 13.2 Å². The van der Waals surface area contributed by atoms with Gasteiger partial charge in [-0.05, 0) is 62.6 Å². The van der Waals surface area contributed by atoms with Gasteiger partial charge in [0.05, 0.1) is 13.7 Å². The van der Waals surface area contributed by atoms with Crippen molar-refractivity contribution in [2.24, 2.45) is 0 Å². The maximum Gasteiger partial charge on any atom is 0.262 e. The highest BCUT2D eigenvalue weighted by Gasteiger charge is 2.29. The van der Waals surface area contributed by atoms with Crippen molar-refractivity contribution in [2.75, 3.05) is 38.7 Å². The molecule has 0 bridgehead atoms. The lowest BCUT2D eigenvalue weighted by atomic mass is 10.2. The van der Waals surface area contributed by atoms with E-state index in [1.54, 1.807) is 25.1 Å². The van der Waals surface area contributed by atoms with Crippen molar-refractivity contribution in [1.29, 1.82) is 0 Å². The van der Waals surface area contributed by atoms with E-state index >= 15 is 0 Å². The SMILES string of the molecule is CC=Cc1ccc(OCC(=O)Nc2ccc(OCC)c(S(=O)(=O)N3CCCCC3)c2)c(OC)c1. The second-order valence-electron chi connectivity index (χ2n) is 7.81. The molecule has 0 unspecified atom stereocenters. The van der Waals surface area contributed by atoms with Crippen molar-refractivity contribution < 1.29 is 27.4 Å². The summed E-state index contributed by atoms with van der Waals surface area (Å²) in [6.07, 6.45) is 6.52. The minimum atomic E-state index is -3.74. The summed E-state index contributed by atoms with van der Waals surface area (Å²) in [6, 6.07) is 10.0. The number of methoxy groups -OCH3 is 1. The van der Waals surface area contributed by atoms with Crippen LogP contribution in [0.15, 0.2) is 47.4 Å². The smallest absolute Gasteiger partial charge is 0.262 e. The fraction of sp³-hybridized carbons (Fsp3) is 0.400. The first-order chi connectivity index (χ1) is 16.4. The molecule has 1 aliphatic heterocycles. The highest BCUT2D eigenvalue weighted by atomic mass is 32.2. The van der Waals surface area contributed by atoms with Crippen molar-refractivity contribution in [2.45, 2.75) is 38.0 Å². The maximum atomic E-state index is 13.3. The molecule has 3 rings (SSSR count). The normalized spacial score (nSPS) is 14.7. The number of carbonyl (C=O) groups excluding carboxylic acids is 1. The number of amides is 1. The molecule has 1 fully saturated rings. The van der Waals surface area contributed by atoms with Crippen molar-refractivity contribution in [3.8, 4) is 17.2 Å². The minimum absolute atomic E-state index is 0.0520. The molecule has 0 saturated carbocycles. The van der Waals surface area contributed by atoms with Crippen LogP contribution in [0.5, 0.6) is 17.2 Å². The molecule has 0 atom stereocenters. The highest BCUT2D eigenvalue weighted by molar-refractivity contribution is 7.89. The molecule has 0 radical (unpaired) electrons. The average molecular weight is 489 g/mol. The number of hydrogen-bond acceptors (Lipinski definition) is 6. The summed E-state index contributed by atoms with van der Waals surface area (Å²) in [5.41, 5.74) is 1.30. The minimum Gasteiger partial charge on any atom is -0.493 e. The molecule has 9 heteroatoms. The number of carbonyl (C=O) groups is 1. The molecule has 2 aromatic rings. The first kappa shape index (κ1) is 25.6. The second-order valence-corrected chi connectivity index (χ2v) is 9.71. The Morgan fingerprint density at radius 1 is 1.03 bits per heavy atom. The fourth-order valence-electron chi connectivity index (χ4n) is 3.75. The van der Waals surface area contributed by atoms with Gasteiger partial charge in [0.2, 0.25) is 10.0 Å². The number of sulfonamides is 1. The monoisotopic (exact) mass is 488 g/mol. The van der Waals surface area contributed by atoms with Crippen LogP contribution in [0.3, 0.4) is 0 Å². The van der Waals surface area contributed by atoms with Gasteiger partial charge in [-0.3, -0.25) is 4.79 Å². The molecule has 1 amide bonds. The van der Waals surface area contributed by atoms with Gasteiger partial charge in [0.25, 0.3) is 5.91 Å². The van der Waals surface area contributed by atoms with Crippen LogP contribution < -0.4 is 19.5 Å². The van der Waals surface area contributed by atoms with E-state index in [2.05, 4.69) is 5.32 Å². The number of anilines is 1. The average Bonchev–Trinajstić information content (AvgIpc) is 2.85. The molecule has 1 saturated heterocycles. The number of piperidine rings is 1. The molecule has 2 aromatic carbocycles. The number of hydrogen-bond donors (Lipinski definition) is 1. The van der Waals surface area contributed by atoms with E-state index in [4.69, 9.17) is 14.2 Å². The molecule has 1 N–H and O–H groups in total. The number of rotatable bonds is 10. The zero-order chi connectivity index (χ0) is 24.6. The molecule has 1 aliphatic rings. The van der Waals surface area contributed by atoms with Crippen LogP contribution >= 0.6 is 0 Å². The topological polar surface area (TPSA) is 94.2 Å². The Kier molecular flexibility index (Phi) is 8.95. The largest absolute Gasteiger partial charge is 0.493 e. The summed E-state index contributed by atoms with van der Waals surface area (Å²) in [5, 5.41) is 2.71. The third-order valence-corrected chi connectivity index (χ3v) is 7.29. The molecule has 0 aliphatic carbocycles. The Morgan fingerprint density at radius 2 is 1.76 bits per heavy atom. The zero-order valence-electron chi connectivity index (χ0n) is 19.9. The van der Waals surface area contributed by atoms with Crippen LogP contribution in [-0.2, 0) is 14.8 Å². The summed E-state index contributed by atoms with van der Waals surface area (Å²) < 4.78 is 44.6. The van der Waals surface area contributed by atoms with E-state index in [0.717, 1.165) is 24.8 Å². The number of nitrogens with zero attached hydrogens (tertiary/aromatic N) is 1. The molecule has 0 aromatic heterocycles. The molecular formula is C25H32N2O6S. The lowest BCUT2D eigenvalue weighted by Crippen LogP contribution is -2.35. The molecule has 1 heterocycles. The van der Waals surface area contributed by atoms with Crippen LogP contribution in [0.25, 0.3) is 6.08 Å². The maximum absolute atomic E-state index is 13.3. The van der Waals surface area contributed by atoms with Gasteiger partial charge in [-0.1, -0.05) is 24.6 Å². The quantitative estimate of drug-likeness (QED) is 0.535. The van der Waals surface area contributed by atoms with Gasteiger partial charge < -0.3 is 19.5 Å². The number of benzene rings is 2. The lowest BCUT2D eigenvalue weighted by molar-refractivity contribution is -0.118. The second kappa shape index (κ2) is 11.9. The van der Waals surface area contributed by atoms with Crippen molar-refractivity contribution >= 4 is 27.7 Å². The molecule has 184 valence electrons. The summed E-state index contributed by atoms with van der Waals surface area (Å²) in [5.74, 6) is 0.795. The number of ether oxygens (including phenoxy) is 3. The summed E-state index contributed by atoms with van der Waals surface area (Å²) in [4.78, 5) is 12.6. The Bertz CT molecular complexity index is 1120. The van der Waals surface area contributed by atoms with Crippen molar-refractivity contribution in [3.05, 3.63) is 48.0 Å². The standard InChI is InChI=1S/C25H32N2O6S/c1-4-9-19-10-12-21(23(16-19)31-3)33-18-25(28)26-20-11-13-22(32-5-2)24(17-20)34(29,30)27-14-7-6-8-15-27/h4,9-13,16-17H,5-8,14-15,18H2,1-3H3,(H,26,28). The fourth-order valence-corrected chi connectivity index (χ4v) is 5.42. The van der Waals surface area contributed by atoms with Crippen LogP contribution in [0.1, 0.15) is 38.7 Å². The van der Waals surface area contributed by atoms with Crippen LogP contribution in [0, 0.1) is 0 Å². The van der Waals surface area contributed by atoms with Gasteiger partial charge in [0.1, 0.15) is 10.6 Å². The Balaban J connectivity index is 1.74. The van der Waals surface area contributed by atoms with Crippen LogP contribution in [-0.4, -0.2) is 52.0 Å². The van der Waals surface area contributed by atoms with Gasteiger partial charge in [-0.2, -0.15) is 4.31 Å². The Morgan fingerprint density at radius 3 is 2.44 bits per heavy atom. The van der Waals surface area contributed by atoms with Gasteiger partial charge in [0.15, 0.2) is 18.1 Å². The van der Waals surface area contributed by atoms with Gasteiger partial charge in [0, 0.05) is 18.8 Å². The lowest BCUT2D eigenvalue weighted by Gasteiger charge is -2.27. The molecular weight excluding hydrogens is 456 g/mol. The predicted molar refractivity (Wildman–Crippen MR) is 132 cm³/mol. The van der Waals surface area contributed by atoms with Crippen molar-refractivity contribution in [1.82, 2.24) is 4.31 Å². The first-order valence-corrected chi connectivity index (χ1v) is 12.8. The summed E-state index contributed by atoms with van der Waals surface area (Å²) in [7, 11) is -2.21. The molecule has 34 heavy (non-hydrogen) atoms. The molecule has 0 spiro atoms. The van der Waals surface area contributed by atoms with E-state index in [-0.39, 0.29) is 17.3 Å². The third kappa shape index (κ3) is 6.30. The van der Waals surface area contributed by atoms with E-state index in [0.29, 0.717) is 36.9 Å². The predicted octanol–water partition coefficient (Wildman–Crippen LogP) is 4.32. The first-order valence-electron chi connectivity index (χ1n) is 11.4. The Hall–Kier alpha value is -3.04. The van der Waals surface area contributed by atoms with Crippen LogP contribution in [0.2, 0.25) is 0 Å². The van der Waals surface area contributed by atoms with Gasteiger partial charge >= 0.3 is 0 Å². The van der Waals surface area contributed by atoms with E-state index in [1.807, 2.05) is 31.2 Å². The van der Waals surface area contributed by atoms with Gasteiger partial charge in [-0.25, -0.2) is 8.42 Å². The summed E-state index contributed by atoms with van der Waals surface area (Å²) in [6.45, 7) is 4.74. The van der Waals surface area contributed by atoms with E-state index in [1.165, 1.54) is 17.5 Å². The third-order valence-electron chi connectivity index (χ3n) is 5.37. The van der Waals surface area contributed by atoms with E-state index < -0.39 is 15.9 Å². The van der Waals surface area contributed by atoms with Gasteiger partial charge in [-0.15, -0.1) is 0 Å². The molecule has 8 nitrogen and oxygen atoms in total. The zero-order valence-corrected chi connectivity index (χ0v) is 20.7. The van der Waals surface area contributed by atoms with Crippen LogP contribution in [0.4, 0.5) is 5.69 Å².